The molecule has 0 atom stereocenters. The van der Waals surface area contributed by atoms with Gasteiger partial charge in [-0.3, -0.25) is 5.43 Å². The third-order valence-electron chi connectivity index (χ3n) is 4.87. The third-order valence-corrected chi connectivity index (χ3v) is 5.40. The van der Waals surface area contributed by atoms with Crippen LogP contribution in [-0.2, 0) is 16.0 Å². The van der Waals surface area contributed by atoms with Gasteiger partial charge in [0.1, 0.15) is 0 Å². The van der Waals surface area contributed by atoms with Crippen molar-refractivity contribution in [1.29, 1.82) is 0 Å². The van der Waals surface area contributed by atoms with Crippen molar-refractivity contribution < 1.29 is 9.53 Å². The Balaban J connectivity index is 1.63. The van der Waals surface area contributed by atoms with Gasteiger partial charge in [-0.25, -0.2) is 4.79 Å². The number of hydrazone groups is 1. The van der Waals surface area contributed by atoms with Crippen molar-refractivity contribution in [2.24, 2.45) is 11.0 Å². The molecule has 2 aromatic carbocycles. The number of carbonyl (C=O) groups excluding carboxylic acids is 1. The van der Waals surface area contributed by atoms with Crippen LogP contribution in [0.4, 0.5) is 5.69 Å². The molecule has 28 heavy (non-hydrogen) atoms. The summed E-state index contributed by atoms with van der Waals surface area (Å²) in [5, 5.41) is 4.38. The second-order valence-corrected chi connectivity index (χ2v) is 7.81. The molecule has 0 radical (unpaired) electrons. The van der Waals surface area contributed by atoms with Gasteiger partial charge in [-0.05, 0) is 61.9 Å². The van der Waals surface area contributed by atoms with Gasteiger partial charge < -0.3 is 9.64 Å². The van der Waals surface area contributed by atoms with E-state index in [1.165, 1.54) is 5.56 Å². The summed E-state index contributed by atoms with van der Waals surface area (Å²) in [5.41, 5.74) is 5.18. The number of rotatable bonds is 5. The zero-order valence-electron chi connectivity index (χ0n) is 16.1. The molecule has 1 fully saturated rings. The summed E-state index contributed by atoms with van der Waals surface area (Å²) >= 11 is 3.42. The first-order chi connectivity index (χ1) is 13.7. The highest BCUT2D eigenvalue weighted by atomic mass is 79.9. The van der Waals surface area contributed by atoms with Crippen molar-refractivity contribution in [1.82, 2.24) is 4.90 Å². The van der Waals surface area contributed by atoms with E-state index in [0.717, 1.165) is 42.5 Å². The summed E-state index contributed by atoms with van der Waals surface area (Å²) in [7, 11) is 0. The molecule has 1 aliphatic heterocycles. The fourth-order valence-corrected chi connectivity index (χ4v) is 3.64. The van der Waals surface area contributed by atoms with Crippen LogP contribution < -0.4 is 5.43 Å². The molecule has 0 bridgehead atoms. The van der Waals surface area contributed by atoms with E-state index in [2.05, 4.69) is 50.7 Å². The lowest BCUT2D eigenvalue weighted by atomic mass is 9.90. The van der Waals surface area contributed by atoms with E-state index < -0.39 is 0 Å². The molecule has 1 heterocycles. The maximum atomic E-state index is 12.4. The molecule has 0 saturated carbocycles. The zero-order valence-corrected chi connectivity index (χ0v) is 17.7. The van der Waals surface area contributed by atoms with Crippen molar-refractivity contribution in [2.45, 2.75) is 26.2 Å². The van der Waals surface area contributed by atoms with Crippen LogP contribution in [0.15, 0.2) is 64.2 Å². The van der Waals surface area contributed by atoms with Crippen molar-refractivity contribution >= 4 is 33.4 Å². The number of ether oxygens (including phenoxy) is 1. The van der Waals surface area contributed by atoms with Crippen molar-refractivity contribution in [3.05, 3.63) is 64.6 Å². The second kappa shape index (κ2) is 10.3. The van der Waals surface area contributed by atoms with Gasteiger partial charge in [0.2, 0.25) is 5.84 Å². The van der Waals surface area contributed by atoms with Crippen LogP contribution in [-0.4, -0.2) is 36.4 Å². The Morgan fingerprint density at radius 3 is 2.46 bits per heavy atom. The number of likely N-dealkylation sites (tertiary alicyclic amines) is 1. The first-order valence-corrected chi connectivity index (χ1v) is 10.5. The van der Waals surface area contributed by atoms with Crippen LogP contribution in [0.5, 0.6) is 0 Å². The first-order valence-electron chi connectivity index (χ1n) is 9.71. The average molecular weight is 444 g/mol. The van der Waals surface area contributed by atoms with E-state index >= 15 is 0 Å². The van der Waals surface area contributed by atoms with E-state index in [0.29, 0.717) is 18.4 Å². The fourth-order valence-electron chi connectivity index (χ4n) is 3.38. The van der Waals surface area contributed by atoms with Crippen LogP contribution in [0, 0.1) is 5.92 Å². The Bertz CT molecular complexity index is 785. The van der Waals surface area contributed by atoms with Crippen molar-refractivity contribution in [2.75, 3.05) is 25.1 Å². The Hall–Kier alpha value is -2.34. The van der Waals surface area contributed by atoms with Crippen LogP contribution in [0.25, 0.3) is 0 Å². The Kier molecular flexibility index (Phi) is 7.48. The van der Waals surface area contributed by atoms with Crippen LogP contribution in [0.1, 0.15) is 25.3 Å². The number of nitrogens with zero attached hydrogens (tertiary/aromatic N) is 2. The standard InChI is InChI=1S/C22H26BrN3O2/c1-2-28-22(27)21(25-24-20-10-8-19(23)9-11-20)26-14-12-18(13-15-26)16-17-6-4-3-5-7-17/h3-11,18,24H,2,12-16H2,1H3/b25-21-. The summed E-state index contributed by atoms with van der Waals surface area (Å²) < 4.78 is 6.22. The molecule has 0 aromatic heterocycles. The van der Waals surface area contributed by atoms with Gasteiger partial charge in [0.05, 0.1) is 12.3 Å². The molecule has 1 saturated heterocycles. The van der Waals surface area contributed by atoms with Gasteiger partial charge in [-0.2, -0.15) is 0 Å². The topological polar surface area (TPSA) is 53.9 Å². The Morgan fingerprint density at radius 1 is 1.14 bits per heavy atom. The molecule has 1 N–H and O–H groups in total. The quantitative estimate of drug-likeness (QED) is 0.315. The van der Waals surface area contributed by atoms with Gasteiger partial charge in [0, 0.05) is 17.6 Å². The SMILES string of the molecule is CCOC(=O)/C(=N/Nc1ccc(Br)cc1)N1CCC(Cc2ccccc2)CC1. The molecule has 0 unspecified atom stereocenters. The number of hydrogen-bond acceptors (Lipinski definition) is 4. The normalized spacial score (nSPS) is 15.4. The number of piperidine rings is 1. The minimum absolute atomic E-state index is 0.334. The molecule has 0 spiro atoms. The fraction of sp³-hybridized carbons (Fsp3) is 0.364. The molecule has 0 aliphatic carbocycles. The number of hydrogen-bond donors (Lipinski definition) is 1. The summed E-state index contributed by atoms with van der Waals surface area (Å²) in [5.74, 6) is 0.595. The molecule has 3 rings (SSSR count). The number of anilines is 1. The molecule has 0 amide bonds. The lowest BCUT2D eigenvalue weighted by Gasteiger charge is -2.33. The minimum atomic E-state index is -0.381. The third kappa shape index (κ3) is 5.83. The van der Waals surface area contributed by atoms with Crippen LogP contribution >= 0.6 is 15.9 Å². The number of nitrogens with one attached hydrogen (secondary N) is 1. The zero-order chi connectivity index (χ0) is 19.8. The van der Waals surface area contributed by atoms with E-state index in [1.54, 1.807) is 0 Å². The largest absolute Gasteiger partial charge is 0.460 e. The van der Waals surface area contributed by atoms with Gasteiger partial charge in [0.15, 0.2) is 0 Å². The molecule has 6 heteroatoms. The maximum Gasteiger partial charge on any atom is 0.375 e. The number of esters is 1. The van der Waals surface area contributed by atoms with E-state index in [1.807, 2.05) is 42.2 Å². The predicted molar refractivity (Wildman–Crippen MR) is 116 cm³/mol. The Morgan fingerprint density at radius 2 is 1.82 bits per heavy atom. The van der Waals surface area contributed by atoms with Gasteiger partial charge >= 0.3 is 5.97 Å². The Labute approximate surface area is 174 Å². The van der Waals surface area contributed by atoms with E-state index in [4.69, 9.17) is 4.74 Å². The van der Waals surface area contributed by atoms with E-state index in [-0.39, 0.29) is 5.97 Å². The number of carbonyl (C=O) groups is 1. The minimum Gasteiger partial charge on any atom is -0.460 e. The lowest BCUT2D eigenvalue weighted by molar-refractivity contribution is -0.136. The van der Waals surface area contributed by atoms with Crippen molar-refractivity contribution in [3.63, 3.8) is 0 Å². The highest BCUT2D eigenvalue weighted by molar-refractivity contribution is 9.10. The van der Waals surface area contributed by atoms with Gasteiger partial charge in [-0.15, -0.1) is 5.10 Å². The molecule has 1 aliphatic rings. The van der Waals surface area contributed by atoms with Gasteiger partial charge in [-0.1, -0.05) is 46.3 Å². The van der Waals surface area contributed by atoms with Crippen LogP contribution in [0.3, 0.4) is 0 Å². The second-order valence-electron chi connectivity index (χ2n) is 6.89. The van der Waals surface area contributed by atoms with Gasteiger partial charge in [0.25, 0.3) is 0 Å². The molecular weight excluding hydrogens is 418 g/mol. The number of halogens is 1. The summed E-state index contributed by atoms with van der Waals surface area (Å²) in [6.07, 6.45) is 3.15. The predicted octanol–water partition coefficient (Wildman–Crippen LogP) is 4.69. The lowest BCUT2D eigenvalue weighted by Crippen LogP contribution is -2.43. The monoisotopic (exact) mass is 443 g/mol. The summed E-state index contributed by atoms with van der Waals surface area (Å²) in [6, 6.07) is 18.2. The smallest absolute Gasteiger partial charge is 0.375 e. The summed E-state index contributed by atoms with van der Waals surface area (Å²) in [4.78, 5) is 14.5. The van der Waals surface area contributed by atoms with Crippen molar-refractivity contribution in [3.8, 4) is 0 Å². The van der Waals surface area contributed by atoms with Crippen LogP contribution in [0.2, 0.25) is 0 Å². The van der Waals surface area contributed by atoms with E-state index in [9.17, 15) is 4.79 Å². The maximum absolute atomic E-state index is 12.4. The molecule has 148 valence electrons. The molecule has 2 aromatic rings. The molecular formula is C22H26BrN3O2. The number of benzene rings is 2. The summed E-state index contributed by atoms with van der Waals surface area (Å²) in [6.45, 7) is 3.75. The highest BCUT2D eigenvalue weighted by Gasteiger charge is 2.26. The first kappa shape index (κ1) is 20.4. The average Bonchev–Trinajstić information content (AvgIpc) is 2.72. The molecule has 5 nitrogen and oxygen atoms in total. The number of amidine groups is 1. The highest BCUT2D eigenvalue weighted by Crippen LogP contribution is 2.22.